The fourth-order valence-corrected chi connectivity index (χ4v) is 5.59. The van der Waals surface area contributed by atoms with E-state index in [1.54, 1.807) is 11.3 Å². The van der Waals surface area contributed by atoms with Gasteiger partial charge in [0.2, 0.25) is 5.95 Å². The molecule has 5 N–H and O–H groups in total. The fourth-order valence-electron chi connectivity index (χ4n) is 4.52. The molecule has 0 saturated heterocycles. The van der Waals surface area contributed by atoms with Gasteiger partial charge in [-0.2, -0.15) is 4.98 Å². The maximum atomic E-state index is 10.6. The van der Waals surface area contributed by atoms with Gasteiger partial charge in [0.25, 0.3) is 0 Å². The molecule has 0 radical (unpaired) electrons. The van der Waals surface area contributed by atoms with Gasteiger partial charge in [0.05, 0.1) is 33.8 Å². The van der Waals surface area contributed by atoms with Crippen molar-refractivity contribution >= 4 is 33.3 Å². The number of thiazole rings is 1. The average molecular weight is 471 g/mol. The molecule has 33 heavy (non-hydrogen) atoms. The molecule has 10 heteroatoms. The first-order valence-electron chi connectivity index (χ1n) is 11.5. The van der Waals surface area contributed by atoms with E-state index in [-0.39, 0.29) is 18.6 Å². The largest absolute Gasteiger partial charge is 0.396 e. The van der Waals surface area contributed by atoms with Crippen LogP contribution in [-0.2, 0) is 0 Å². The summed E-state index contributed by atoms with van der Waals surface area (Å²) in [6, 6.07) is 1.69. The lowest BCUT2D eigenvalue weighted by molar-refractivity contribution is 0.00446. The molecule has 0 aliphatic heterocycles. The van der Waals surface area contributed by atoms with Crippen molar-refractivity contribution in [2.24, 2.45) is 5.92 Å². The summed E-state index contributed by atoms with van der Waals surface area (Å²) in [5.41, 5.74) is 3.54. The number of aryl methyl sites for hydroxylation is 1. The van der Waals surface area contributed by atoms with Crippen molar-refractivity contribution < 1.29 is 15.3 Å². The highest BCUT2D eigenvalue weighted by Gasteiger charge is 2.41. The van der Waals surface area contributed by atoms with E-state index in [1.807, 2.05) is 33.0 Å². The number of rotatable bonds is 7. The van der Waals surface area contributed by atoms with Crippen molar-refractivity contribution in [3.05, 3.63) is 23.7 Å². The maximum Gasteiger partial charge on any atom is 0.225 e. The highest BCUT2D eigenvalue weighted by Crippen LogP contribution is 2.44. The lowest BCUT2D eigenvalue weighted by Gasteiger charge is -2.21. The third-order valence-electron chi connectivity index (χ3n) is 6.38. The molecule has 4 atom stereocenters. The Morgan fingerprint density at radius 3 is 2.61 bits per heavy atom. The molecule has 5 rings (SSSR count). The summed E-state index contributed by atoms with van der Waals surface area (Å²) in [6.07, 6.45) is 2.59. The quantitative estimate of drug-likeness (QED) is 0.353. The number of aliphatic hydroxyl groups excluding tert-OH is 3. The normalized spacial score (nSPS) is 25.2. The first-order valence-corrected chi connectivity index (χ1v) is 12.3. The molecule has 9 nitrogen and oxygen atoms in total. The first kappa shape index (κ1) is 22.4. The van der Waals surface area contributed by atoms with Gasteiger partial charge < -0.3 is 26.0 Å². The van der Waals surface area contributed by atoms with E-state index in [2.05, 4.69) is 20.6 Å². The van der Waals surface area contributed by atoms with Crippen LogP contribution in [0.25, 0.3) is 20.8 Å². The number of hydrogen-bond donors (Lipinski definition) is 5. The van der Waals surface area contributed by atoms with E-state index in [0.717, 1.165) is 45.0 Å². The molecular formula is C23H30N6O3S. The molecular weight excluding hydrogens is 440 g/mol. The second-order valence-electron chi connectivity index (χ2n) is 9.40. The van der Waals surface area contributed by atoms with Gasteiger partial charge >= 0.3 is 0 Å². The van der Waals surface area contributed by atoms with E-state index in [0.29, 0.717) is 24.1 Å². The second-order valence-corrected chi connectivity index (χ2v) is 10.4. The zero-order chi connectivity index (χ0) is 23.3. The molecule has 0 bridgehead atoms. The van der Waals surface area contributed by atoms with Gasteiger partial charge in [-0.1, -0.05) is 0 Å². The summed E-state index contributed by atoms with van der Waals surface area (Å²) in [5.74, 6) is 1.15. The zero-order valence-corrected chi connectivity index (χ0v) is 19.8. The van der Waals surface area contributed by atoms with Crippen LogP contribution in [0.1, 0.15) is 50.4 Å². The lowest BCUT2D eigenvalue weighted by atomic mass is 10.1. The molecule has 3 aromatic heterocycles. The van der Waals surface area contributed by atoms with E-state index in [1.165, 1.54) is 0 Å². The summed E-state index contributed by atoms with van der Waals surface area (Å²) in [5, 5.41) is 37.8. The number of pyridine rings is 1. The Morgan fingerprint density at radius 1 is 1.15 bits per heavy atom. The van der Waals surface area contributed by atoms with Crippen LogP contribution in [0.15, 0.2) is 12.3 Å². The standard InChI is InChI=1S/C23H30N6O3S/c1-10(2)25-23-26-11(3)16(21(29-23)27-14-8-13(9-30)19(31)20(14)32)22-28-18-15(33-22)6-7-24-17(18)12-4-5-12/h6-7,10,12-14,19-20,30-32H,4-5,8-9H2,1-3H3,(H2,25,26,27,29). The number of anilines is 2. The summed E-state index contributed by atoms with van der Waals surface area (Å²) >= 11 is 1.58. The monoisotopic (exact) mass is 470 g/mol. The van der Waals surface area contributed by atoms with Crippen LogP contribution in [0.3, 0.4) is 0 Å². The minimum absolute atomic E-state index is 0.149. The van der Waals surface area contributed by atoms with Gasteiger partial charge in [0.15, 0.2) is 0 Å². The minimum atomic E-state index is -1.01. The smallest absolute Gasteiger partial charge is 0.225 e. The van der Waals surface area contributed by atoms with Gasteiger partial charge in [0, 0.05) is 30.7 Å². The predicted octanol–water partition coefficient (Wildman–Crippen LogP) is 2.67. The van der Waals surface area contributed by atoms with Gasteiger partial charge in [-0.25, -0.2) is 9.97 Å². The molecule has 3 aromatic rings. The highest BCUT2D eigenvalue weighted by molar-refractivity contribution is 7.21. The Morgan fingerprint density at radius 2 is 1.94 bits per heavy atom. The molecule has 0 aromatic carbocycles. The van der Waals surface area contributed by atoms with E-state index >= 15 is 0 Å². The third kappa shape index (κ3) is 4.28. The van der Waals surface area contributed by atoms with Crippen LogP contribution in [0.2, 0.25) is 0 Å². The zero-order valence-electron chi connectivity index (χ0n) is 19.0. The van der Waals surface area contributed by atoms with E-state index in [9.17, 15) is 15.3 Å². The van der Waals surface area contributed by atoms with Crippen LogP contribution in [0.4, 0.5) is 11.8 Å². The van der Waals surface area contributed by atoms with Crippen LogP contribution in [0.5, 0.6) is 0 Å². The van der Waals surface area contributed by atoms with Crippen LogP contribution >= 0.6 is 11.3 Å². The predicted molar refractivity (Wildman–Crippen MR) is 129 cm³/mol. The van der Waals surface area contributed by atoms with Crippen molar-refractivity contribution in [2.45, 2.75) is 70.2 Å². The summed E-state index contributed by atoms with van der Waals surface area (Å²) in [6.45, 7) is 5.78. The summed E-state index contributed by atoms with van der Waals surface area (Å²) in [4.78, 5) is 18.9. The third-order valence-corrected chi connectivity index (χ3v) is 7.42. The van der Waals surface area contributed by atoms with Gasteiger partial charge in [-0.15, -0.1) is 11.3 Å². The van der Waals surface area contributed by atoms with Crippen LogP contribution in [0, 0.1) is 12.8 Å². The number of aliphatic hydroxyl groups is 3. The average Bonchev–Trinajstić information content (AvgIpc) is 3.46. The SMILES string of the molecule is Cc1nc(NC(C)C)nc(NC2CC(CO)C(O)C2O)c1-c1nc2c(C3CC3)nccc2s1. The molecule has 2 fully saturated rings. The van der Waals surface area contributed by atoms with Gasteiger partial charge in [0.1, 0.15) is 22.4 Å². The molecule has 3 heterocycles. The van der Waals surface area contributed by atoms with Gasteiger partial charge in [-0.05, 0) is 46.1 Å². The number of nitrogens with one attached hydrogen (secondary N) is 2. The Kier molecular flexibility index (Phi) is 5.94. The highest BCUT2D eigenvalue weighted by atomic mass is 32.1. The van der Waals surface area contributed by atoms with Crippen molar-refractivity contribution in [1.82, 2.24) is 19.9 Å². The fraction of sp³-hybridized carbons (Fsp3) is 0.565. The molecule has 176 valence electrons. The van der Waals surface area contributed by atoms with Crippen molar-refractivity contribution in [1.29, 1.82) is 0 Å². The van der Waals surface area contributed by atoms with E-state index < -0.39 is 18.2 Å². The Labute approximate surface area is 196 Å². The Bertz CT molecular complexity index is 1160. The minimum Gasteiger partial charge on any atom is -0.396 e. The van der Waals surface area contributed by atoms with E-state index in [4.69, 9.17) is 9.97 Å². The summed E-state index contributed by atoms with van der Waals surface area (Å²) in [7, 11) is 0. The maximum absolute atomic E-state index is 10.6. The van der Waals surface area contributed by atoms with Gasteiger partial charge in [-0.3, -0.25) is 4.98 Å². The first-order chi connectivity index (χ1) is 15.9. The van der Waals surface area contributed by atoms with Crippen molar-refractivity contribution in [2.75, 3.05) is 17.2 Å². The molecule has 2 aliphatic carbocycles. The van der Waals surface area contributed by atoms with Crippen LogP contribution in [-0.4, -0.2) is 66.2 Å². The topological polar surface area (TPSA) is 136 Å². The van der Waals surface area contributed by atoms with Crippen LogP contribution < -0.4 is 10.6 Å². The number of aromatic nitrogens is 4. The number of nitrogens with zero attached hydrogens (tertiary/aromatic N) is 4. The summed E-state index contributed by atoms with van der Waals surface area (Å²) < 4.78 is 1.08. The second kappa shape index (κ2) is 8.75. The molecule has 0 amide bonds. The molecule has 2 aliphatic rings. The molecule has 4 unspecified atom stereocenters. The number of fused-ring (bicyclic) bond motifs is 1. The Balaban J connectivity index is 1.58. The van der Waals surface area contributed by atoms with Crippen molar-refractivity contribution in [3.63, 3.8) is 0 Å². The molecule has 0 spiro atoms. The Hall–Kier alpha value is -2.40. The number of hydrogen-bond acceptors (Lipinski definition) is 10. The van der Waals surface area contributed by atoms with Crippen molar-refractivity contribution in [3.8, 4) is 10.6 Å². The molecule has 2 saturated carbocycles. The lowest BCUT2D eigenvalue weighted by Crippen LogP contribution is -2.35.